The summed E-state index contributed by atoms with van der Waals surface area (Å²) in [6.07, 6.45) is 1.60. The van der Waals surface area contributed by atoms with Crippen molar-refractivity contribution in [2.24, 2.45) is 16.0 Å². The summed E-state index contributed by atoms with van der Waals surface area (Å²) in [7, 11) is 0. The maximum atomic E-state index is 12.3. The number of azo groups is 1. The van der Waals surface area contributed by atoms with Crippen LogP contribution in [0.3, 0.4) is 0 Å². The van der Waals surface area contributed by atoms with Gasteiger partial charge >= 0.3 is 0 Å². The monoisotopic (exact) mass is 351 g/mol. The minimum atomic E-state index is -0.460. The number of amides is 2. The summed E-state index contributed by atoms with van der Waals surface area (Å²) in [5.74, 6) is -0.760. The molecule has 0 aliphatic carbocycles. The molecule has 0 bridgehead atoms. The molecule has 3 rings (SSSR count). The van der Waals surface area contributed by atoms with Gasteiger partial charge in [-0.05, 0) is 49.2 Å². The zero-order chi connectivity index (χ0) is 18.4. The molecule has 0 radical (unpaired) electrons. The van der Waals surface area contributed by atoms with Crippen LogP contribution in [0, 0.1) is 0 Å². The molecular formula is C19H21N5O2. The minimum Gasteiger partial charge on any atom is -0.360 e. The zero-order valence-corrected chi connectivity index (χ0v) is 14.3. The van der Waals surface area contributed by atoms with Gasteiger partial charge in [-0.25, -0.2) is 0 Å². The highest BCUT2D eigenvalue weighted by molar-refractivity contribution is 6.00. The van der Waals surface area contributed by atoms with Gasteiger partial charge in [-0.15, -0.1) is 0 Å². The lowest BCUT2D eigenvalue weighted by Gasteiger charge is -2.25. The lowest BCUT2D eigenvalue weighted by molar-refractivity contribution is -0.130. The zero-order valence-electron chi connectivity index (χ0n) is 14.3. The van der Waals surface area contributed by atoms with Crippen molar-refractivity contribution in [2.45, 2.75) is 18.9 Å². The van der Waals surface area contributed by atoms with Crippen LogP contribution in [0.15, 0.2) is 64.8 Å². The summed E-state index contributed by atoms with van der Waals surface area (Å²) >= 11 is 0. The van der Waals surface area contributed by atoms with Gasteiger partial charge in [0.15, 0.2) is 0 Å². The average Bonchev–Trinajstić information content (AvgIpc) is 3.17. The molecule has 26 heavy (non-hydrogen) atoms. The number of rotatable bonds is 5. The molecule has 0 aromatic heterocycles. The number of carbonyl (C=O) groups is 2. The second kappa shape index (κ2) is 8.35. The molecule has 2 aromatic rings. The number of nitrogens with zero attached hydrogens (tertiary/aromatic N) is 3. The van der Waals surface area contributed by atoms with Crippen LogP contribution in [0.4, 0.5) is 17.1 Å². The predicted molar refractivity (Wildman–Crippen MR) is 99.6 cm³/mol. The molecule has 134 valence electrons. The Labute approximate surface area is 151 Å². The quantitative estimate of drug-likeness (QED) is 0.809. The van der Waals surface area contributed by atoms with E-state index in [2.05, 4.69) is 15.5 Å². The first kappa shape index (κ1) is 17.8. The Morgan fingerprint density at radius 2 is 1.69 bits per heavy atom. The molecule has 0 saturated carbocycles. The van der Waals surface area contributed by atoms with Gasteiger partial charge in [0, 0.05) is 12.2 Å². The van der Waals surface area contributed by atoms with Gasteiger partial charge in [0.2, 0.25) is 11.8 Å². The van der Waals surface area contributed by atoms with Gasteiger partial charge in [0.1, 0.15) is 6.04 Å². The number of imide groups is 1. The number of nitrogens with two attached hydrogens (primary N) is 1. The summed E-state index contributed by atoms with van der Waals surface area (Å²) in [5.41, 5.74) is 7.69. The topological polar surface area (TPSA) is 100 Å². The molecule has 0 unspecified atom stereocenters. The molecule has 3 N–H and O–H groups in total. The maximum Gasteiger partial charge on any atom is 0.249 e. The SMILES string of the molecule is NCC(=O)NC(=O)[C@@H]1CCCN1c1ccc(N=Nc2ccccc2)cc1. The van der Waals surface area contributed by atoms with Gasteiger partial charge in [-0.2, -0.15) is 10.2 Å². The van der Waals surface area contributed by atoms with Crippen LogP contribution in [-0.2, 0) is 9.59 Å². The molecule has 7 nitrogen and oxygen atoms in total. The molecule has 2 aromatic carbocycles. The molecule has 1 heterocycles. The van der Waals surface area contributed by atoms with Crippen LogP contribution < -0.4 is 16.0 Å². The lowest BCUT2D eigenvalue weighted by Crippen LogP contribution is -2.47. The second-order valence-electron chi connectivity index (χ2n) is 6.02. The third-order valence-corrected chi connectivity index (χ3v) is 4.22. The Hall–Kier alpha value is -3.06. The molecule has 1 aliphatic rings. The van der Waals surface area contributed by atoms with Crippen LogP contribution in [0.25, 0.3) is 0 Å². The number of nitrogens with one attached hydrogen (secondary N) is 1. The minimum absolute atomic E-state index is 0.195. The third-order valence-electron chi connectivity index (χ3n) is 4.22. The van der Waals surface area contributed by atoms with Crippen LogP contribution >= 0.6 is 0 Å². The van der Waals surface area contributed by atoms with E-state index in [4.69, 9.17) is 5.73 Å². The Bertz CT molecular complexity index is 789. The summed E-state index contributed by atoms with van der Waals surface area (Å²) in [6.45, 7) is 0.569. The predicted octanol–water partition coefficient (Wildman–Crippen LogP) is 2.67. The van der Waals surface area contributed by atoms with Crippen molar-refractivity contribution in [3.05, 3.63) is 54.6 Å². The van der Waals surface area contributed by atoms with Crippen molar-refractivity contribution in [1.29, 1.82) is 0 Å². The highest BCUT2D eigenvalue weighted by atomic mass is 16.2. The number of hydrogen-bond donors (Lipinski definition) is 2. The van der Waals surface area contributed by atoms with Crippen LogP contribution in [0.2, 0.25) is 0 Å². The fourth-order valence-corrected chi connectivity index (χ4v) is 2.94. The highest BCUT2D eigenvalue weighted by Gasteiger charge is 2.31. The van der Waals surface area contributed by atoms with E-state index in [0.29, 0.717) is 6.42 Å². The van der Waals surface area contributed by atoms with Crippen molar-refractivity contribution >= 4 is 28.9 Å². The van der Waals surface area contributed by atoms with Crippen molar-refractivity contribution in [3.63, 3.8) is 0 Å². The summed E-state index contributed by atoms with van der Waals surface area (Å²) in [4.78, 5) is 25.6. The normalized spacial score (nSPS) is 16.8. The van der Waals surface area contributed by atoms with Gasteiger partial charge in [0.25, 0.3) is 0 Å². The van der Waals surface area contributed by atoms with Crippen molar-refractivity contribution in [1.82, 2.24) is 5.32 Å². The van der Waals surface area contributed by atoms with E-state index >= 15 is 0 Å². The molecule has 1 saturated heterocycles. The molecular weight excluding hydrogens is 330 g/mol. The van der Waals surface area contributed by atoms with Gasteiger partial charge < -0.3 is 10.6 Å². The molecule has 7 heteroatoms. The standard InChI is InChI=1S/C19H21N5O2/c20-13-18(25)21-19(26)17-7-4-12-24(17)16-10-8-15(9-11-16)23-22-14-5-2-1-3-6-14/h1-3,5-6,8-11,17H,4,7,12-13,20H2,(H,21,25,26)/t17-/m0/s1. The molecule has 1 atom stereocenters. The van der Waals surface area contributed by atoms with Crippen LogP contribution in [-0.4, -0.2) is 30.9 Å². The van der Waals surface area contributed by atoms with Gasteiger partial charge in [-0.1, -0.05) is 18.2 Å². The first-order valence-corrected chi connectivity index (χ1v) is 8.54. The Morgan fingerprint density at radius 1 is 1.04 bits per heavy atom. The lowest BCUT2D eigenvalue weighted by atomic mass is 10.2. The van der Waals surface area contributed by atoms with Crippen molar-refractivity contribution < 1.29 is 9.59 Å². The van der Waals surface area contributed by atoms with Crippen LogP contribution in [0.5, 0.6) is 0 Å². The van der Waals surface area contributed by atoms with E-state index in [-0.39, 0.29) is 18.5 Å². The molecule has 2 amide bonds. The van der Waals surface area contributed by atoms with E-state index in [1.807, 2.05) is 59.5 Å². The molecule has 1 fully saturated rings. The average molecular weight is 351 g/mol. The Morgan fingerprint density at radius 3 is 2.35 bits per heavy atom. The van der Waals surface area contributed by atoms with Crippen molar-refractivity contribution in [2.75, 3.05) is 18.0 Å². The third kappa shape index (κ3) is 4.31. The fraction of sp³-hybridized carbons (Fsp3) is 0.263. The van der Waals surface area contributed by atoms with Gasteiger partial charge in [-0.3, -0.25) is 14.9 Å². The second-order valence-corrected chi connectivity index (χ2v) is 6.02. The van der Waals surface area contributed by atoms with E-state index < -0.39 is 5.91 Å². The fourth-order valence-electron chi connectivity index (χ4n) is 2.94. The Kier molecular flexibility index (Phi) is 5.70. The smallest absolute Gasteiger partial charge is 0.249 e. The summed E-state index contributed by atoms with van der Waals surface area (Å²) in [6, 6.07) is 16.7. The summed E-state index contributed by atoms with van der Waals surface area (Å²) < 4.78 is 0. The first-order valence-electron chi connectivity index (χ1n) is 8.54. The first-order chi connectivity index (χ1) is 12.7. The Balaban J connectivity index is 1.68. The van der Waals surface area contributed by atoms with E-state index in [0.717, 1.165) is 30.0 Å². The van der Waals surface area contributed by atoms with Crippen molar-refractivity contribution in [3.8, 4) is 0 Å². The maximum absolute atomic E-state index is 12.3. The highest BCUT2D eigenvalue weighted by Crippen LogP contribution is 2.28. The van der Waals surface area contributed by atoms with Crippen LogP contribution in [0.1, 0.15) is 12.8 Å². The number of anilines is 1. The largest absolute Gasteiger partial charge is 0.360 e. The molecule has 1 aliphatic heterocycles. The number of hydrogen-bond acceptors (Lipinski definition) is 6. The van der Waals surface area contributed by atoms with E-state index in [1.54, 1.807) is 0 Å². The van der Waals surface area contributed by atoms with Gasteiger partial charge in [0.05, 0.1) is 17.9 Å². The molecule has 0 spiro atoms. The van der Waals surface area contributed by atoms with E-state index in [1.165, 1.54) is 0 Å². The summed E-state index contributed by atoms with van der Waals surface area (Å²) in [5, 5.41) is 10.7. The van der Waals surface area contributed by atoms with E-state index in [9.17, 15) is 9.59 Å². The number of benzene rings is 2. The number of carbonyl (C=O) groups excluding carboxylic acids is 2.